The van der Waals surface area contributed by atoms with Crippen LogP contribution >= 0.6 is 11.6 Å². The zero-order valence-corrected chi connectivity index (χ0v) is 17.8. The van der Waals surface area contributed by atoms with E-state index in [1.807, 2.05) is 35.2 Å². The predicted octanol–water partition coefficient (Wildman–Crippen LogP) is 3.96. The van der Waals surface area contributed by atoms with Crippen LogP contribution in [0, 0.1) is 0 Å². The number of carbonyl (C=O) groups is 1. The van der Waals surface area contributed by atoms with Crippen molar-refractivity contribution in [3.8, 4) is 17.2 Å². The van der Waals surface area contributed by atoms with Gasteiger partial charge in [0.15, 0.2) is 6.61 Å². The van der Waals surface area contributed by atoms with Gasteiger partial charge in [-0.1, -0.05) is 17.7 Å². The Morgan fingerprint density at radius 2 is 2.00 bits per heavy atom. The van der Waals surface area contributed by atoms with Crippen molar-refractivity contribution < 1.29 is 23.7 Å². The third-order valence-corrected chi connectivity index (χ3v) is 5.82. The van der Waals surface area contributed by atoms with E-state index in [1.54, 1.807) is 25.3 Å². The number of amides is 1. The van der Waals surface area contributed by atoms with Gasteiger partial charge in [-0.3, -0.25) is 4.79 Å². The third-order valence-electron chi connectivity index (χ3n) is 5.59. The van der Waals surface area contributed by atoms with Gasteiger partial charge in [-0.25, -0.2) is 0 Å². The summed E-state index contributed by atoms with van der Waals surface area (Å²) in [5.74, 6) is 2.10. The van der Waals surface area contributed by atoms with Gasteiger partial charge < -0.3 is 23.8 Å². The number of carbonyl (C=O) groups excluding carboxylic acids is 1. The Hall–Kier alpha value is -2.44. The van der Waals surface area contributed by atoms with Gasteiger partial charge in [0.05, 0.1) is 19.3 Å². The van der Waals surface area contributed by atoms with E-state index in [-0.39, 0.29) is 24.2 Å². The zero-order chi connectivity index (χ0) is 21.0. The van der Waals surface area contributed by atoms with E-state index in [2.05, 4.69) is 0 Å². The Morgan fingerprint density at radius 3 is 2.77 bits per heavy atom. The fraction of sp³-hybridized carbons (Fsp3) is 0.435. The van der Waals surface area contributed by atoms with Gasteiger partial charge in [0.25, 0.3) is 5.91 Å². The maximum atomic E-state index is 12.7. The summed E-state index contributed by atoms with van der Waals surface area (Å²) >= 11 is 6.04. The zero-order valence-electron chi connectivity index (χ0n) is 17.0. The highest BCUT2D eigenvalue weighted by Crippen LogP contribution is 2.36. The quantitative estimate of drug-likeness (QED) is 0.693. The molecule has 0 radical (unpaired) electrons. The first-order chi connectivity index (χ1) is 14.5. The standard InChI is InChI=1S/C23H26ClNO5/c1-27-18-6-8-19(9-7-18)28-15-22(26)25-11-3-10-23(16-25)13-21(14-29-23)30-20-5-2-4-17(24)12-20/h2,4-9,12,21H,3,10-11,13-16H2,1H3/t21-,23-/m1/s1. The molecule has 2 fully saturated rings. The number of methoxy groups -OCH3 is 1. The summed E-state index contributed by atoms with van der Waals surface area (Å²) in [4.78, 5) is 14.6. The summed E-state index contributed by atoms with van der Waals surface area (Å²) < 4.78 is 23.0. The van der Waals surface area contributed by atoms with E-state index >= 15 is 0 Å². The van der Waals surface area contributed by atoms with Crippen LogP contribution in [0.2, 0.25) is 5.02 Å². The average molecular weight is 432 g/mol. The molecule has 2 atom stereocenters. The summed E-state index contributed by atoms with van der Waals surface area (Å²) in [6, 6.07) is 14.6. The van der Waals surface area contributed by atoms with Crippen LogP contribution in [0.1, 0.15) is 19.3 Å². The lowest BCUT2D eigenvalue weighted by atomic mass is 9.89. The molecule has 1 amide bonds. The van der Waals surface area contributed by atoms with Crippen LogP contribution in [0.4, 0.5) is 0 Å². The maximum absolute atomic E-state index is 12.7. The molecule has 2 heterocycles. The van der Waals surface area contributed by atoms with Gasteiger partial charge in [0.1, 0.15) is 23.4 Å². The van der Waals surface area contributed by atoms with E-state index in [0.29, 0.717) is 23.9 Å². The molecule has 2 aromatic rings. The van der Waals surface area contributed by atoms with Gasteiger partial charge >= 0.3 is 0 Å². The molecule has 2 aliphatic heterocycles. The van der Waals surface area contributed by atoms with Crippen LogP contribution < -0.4 is 14.2 Å². The molecule has 0 N–H and O–H groups in total. The Balaban J connectivity index is 1.30. The fourth-order valence-electron chi connectivity index (χ4n) is 4.11. The topological polar surface area (TPSA) is 57.2 Å². The Kier molecular flexibility index (Phi) is 6.35. The molecule has 2 aliphatic rings. The molecule has 160 valence electrons. The van der Waals surface area contributed by atoms with Crippen LogP contribution in [0.25, 0.3) is 0 Å². The predicted molar refractivity (Wildman–Crippen MR) is 113 cm³/mol. The molecule has 2 aromatic carbocycles. The number of hydrogen-bond donors (Lipinski definition) is 0. The van der Waals surface area contributed by atoms with Crippen molar-refractivity contribution in [3.05, 3.63) is 53.6 Å². The smallest absolute Gasteiger partial charge is 0.260 e. The molecule has 30 heavy (non-hydrogen) atoms. The van der Waals surface area contributed by atoms with Crippen molar-refractivity contribution in [2.45, 2.75) is 31.0 Å². The van der Waals surface area contributed by atoms with Crippen LogP contribution in [0.15, 0.2) is 48.5 Å². The highest BCUT2D eigenvalue weighted by Gasteiger charge is 2.45. The van der Waals surface area contributed by atoms with E-state index < -0.39 is 0 Å². The second-order valence-corrected chi connectivity index (χ2v) is 8.21. The molecule has 6 nitrogen and oxygen atoms in total. The number of likely N-dealkylation sites (tertiary alicyclic amines) is 1. The molecule has 7 heteroatoms. The third kappa shape index (κ3) is 4.99. The number of rotatable bonds is 6. The Bertz CT molecular complexity index is 874. The molecule has 1 spiro atoms. The van der Waals surface area contributed by atoms with Gasteiger partial charge in [-0.05, 0) is 55.3 Å². The first kappa shape index (κ1) is 20.8. The maximum Gasteiger partial charge on any atom is 0.260 e. The first-order valence-electron chi connectivity index (χ1n) is 10.2. The summed E-state index contributed by atoms with van der Waals surface area (Å²) in [7, 11) is 1.61. The Morgan fingerprint density at radius 1 is 1.20 bits per heavy atom. The average Bonchev–Trinajstić information content (AvgIpc) is 3.13. The summed E-state index contributed by atoms with van der Waals surface area (Å²) in [5.41, 5.74) is -0.350. The summed E-state index contributed by atoms with van der Waals surface area (Å²) in [6.45, 7) is 1.80. The molecule has 0 aromatic heterocycles. The molecule has 4 rings (SSSR count). The normalized spacial score (nSPS) is 23.4. The second kappa shape index (κ2) is 9.14. The number of piperidine rings is 1. The number of nitrogens with zero attached hydrogens (tertiary/aromatic N) is 1. The summed E-state index contributed by atoms with van der Waals surface area (Å²) in [5, 5.41) is 0.646. The molecule has 2 saturated heterocycles. The van der Waals surface area contributed by atoms with Gasteiger partial charge in [0, 0.05) is 24.5 Å². The largest absolute Gasteiger partial charge is 0.497 e. The molecule has 0 saturated carbocycles. The minimum Gasteiger partial charge on any atom is -0.497 e. The lowest BCUT2D eigenvalue weighted by Crippen LogP contribution is -2.51. The monoisotopic (exact) mass is 431 g/mol. The van der Waals surface area contributed by atoms with Crippen molar-refractivity contribution in [1.82, 2.24) is 4.90 Å². The van der Waals surface area contributed by atoms with Gasteiger partial charge in [-0.2, -0.15) is 0 Å². The molecule has 0 bridgehead atoms. The molecular weight excluding hydrogens is 406 g/mol. The second-order valence-electron chi connectivity index (χ2n) is 7.78. The van der Waals surface area contributed by atoms with Crippen LogP contribution in [0.5, 0.6) is 17.2 Å². The van der Waals surface area contributed by atoms with Crippen LogP contribution in [-0.2, 0) is 9.53 Å². The van der Waals surface area contributed by atoms with Crippen LogP contribution in [0.3, 0.4) is 0 Å². The number of hydrogen-bond acceptors (Lipinski definition) is 5. The van der Waals surface area contributed by atoms with Gasteiger partial charge in [-0.15, -0.1) is 0 Å². The first-order valence-corrected chi connectivity index (χ1v) is 10.5. The van der Waals surface area contributed by atoms with E-state index in [4.69, 9.17) is 30.5 Å². The number of benzene rings is 2. The van der Waals surface area contributed by atoms with Gasteiger partial charge in [0.2, 0.25) is 0 Å². The lowest BCUT2D eigenvalue weighted by Gasteiger charge is -2.39. The Labute approximate surface area is 181 Å². The minimum absolute atomic E-state index is 0.00481. The number of ether oxygens (including phenoxy) is 4. The fourth-order valence-corrected chi connectivity index (χ4v) is 4.29. The SMILES string of the molecule is COc1ccc(OCC(=O)N2CCC[C@@]3(C[C@@H](Oc4cccc(Cl)c4)CO3)C2)cc1. The minimum atomic E-state index is -0.350. The van der Waals surface area contributed by atoms with E-state index in [0.717, 1.165) is 37.3 Å². The van der Waals surface area contributed by atoms with Crippen molar-refractivity contribution in [2.24, 2.45) is 0 Å². The summed E-state index contributed by atoms with van der Waals surface area (Å²) in [6.07, 6.45) is 2.53. The van der Waals surface area contributed by atoms with Crippen molar-refractivity contribution in [3.63, 3.8) is 0 Å². The molecule has 0 aliphatic carbocycles. The van der Waals surface area contributed by atoms with Crippen molar-refractivity contribution in [2.75, 3.05) is 33.4 Å². The highest BCUT2D eigenvalue weighted by atomic mass is 35.5. The molecule has 0 unspecified atom stereocenters. The highest BCUT2D eigenvalue weighted by molar-refractivity contribution is 6.30. The lowest BCUT2D eigenvalue weighted by molar-refractivity contribution is -0.141. The van der Waals surface area contributed by atoms with E-state index in [9.17, 15) is 4.79 Å². The molecular formula is C23H26ClNO5. The van der Waals surface area contributed by atoms with E-state index in [1.165, 1.54) is 0 Å². The van der Waals surface area contributed by atoms with Crippen LogP contribution in [-0.4, -0.2) is 55.9 Å². The van der Waals surface area contributed by atoms with Crippen molar-refractivity contribution >= 4 is 17.5 Å². The number of halogens is 1. The van der Waals surface area contributed by atoms with Crippen molar-refractivity contribution in [1.29, 1.82) is 0 Å².